The summed E-state index contributed by atoms with van der Waals surface area (Å²) in [4.78, 5) is 19.0. The summed E-state index contributed by atoms with van der Waals surface area (Å²) in [6, 6.07) is 8.30. The smallest absolute Gasteiger partial charge is 0.233 e. The van der Waals surface area contributed by atoms with Crippen LogP contribution in [0.5, 0.6) is 0 Å². The van der Waals surface area contributed by atoms with Gasteiger partial charge in [-0.2, -0.15) is 0 Å². The zero-order valence-electron chi connectivity index (χ0n) is 13.0. The molecular weight excluding hydrogens is 310 g/mol. The van der Waals surface area contributed by atoms with E-state index >= 15 is 0 Å². The molecule has 1 atom stereocenters. The van der Waals surface area contributed by atoms with E-state index in [0.29, 0.717) is 17.6 Å². The number of benzene rings is 1. The van der Waals surface area contributed by atoms with E-state index in [9.17, 15) is 4.79 Å². The SMILES string of the molecule is CC1CCCCN1C(=O)CSc1n[nH]c2nc3ccccc3n12. The van der Waals surface area contributed by atoms with Gasteiger partial charge in [0.15, 0.2) is 5.16 Å². The third-order valence-corrected chi connectivity index (χ3v) is 5.38. The Hall–Kier alpha value is -2.02. The van der Waals surface area contributed by atoms with Crippen LogP contribution in [0.25, 0.3) is 16.8 Å². The molecule has 0 spiro atoms. The van der Waals surface area contributed by atoms with Gasteiger partial charge >= 0.3 is 0 Å². The van der Waals surface area contributed by atoms with Gasteiger partial charge in [-0.3, -0.25) is 9.20 Å². The van der Waals surface area contributed by atoms with Gasteiger partial charge in [-0.25, -0.2) is 10.1 Å². The Morgan fingerprint density at radius 3 is 3.13 bits per heavy atom. The third kappa shape index (κ3) is 2.59. The van der Waals surface area contributed by atoms with Crippen molar-refractivity contribution in [2.45, 2.75) is 37.4 Å². The topological polar surface area (TPSA) is 66.3 Å². The van der Waals surface area contributed by atoms with Crippen molar-refractivity contribution < 1.29 is 4.79 Å². The third-order valence-electron chi connectivity index (χ3n) is 4.45. The predicted octanol–water partition coefficient (Wildman–Crippen LogP) is 2.70. The first-order valence-electron chi connectivity index (χ1n) is 7.98. The second-order valence-electron chi connectivity index (χ2n) is 5.99. The maximum atomic E-state index is 12.5. The number of nitrogens with zero attached hydrogens (tertiary/aromatic N) is 4. The predicted molar refractivity (Wildman–Crippen MR) is 90.6 cm³/mol. The van der Waals surface area contributed by atoms with Gasteiger partial charge in [0.2, 0.25) is 11.7 Å². The summed E-state index contributed by atoms with van der Waals surface area (Å²) in [6.45, 7) is 3.02. The highest BCUT2D eigenvalue weighted by Gasteiger charge is 2.23. The van der Waals surface area contributed by atoms with Crippen molar-refractivity contribution >= 4 is 34.5 Å². The van der Waals surface area contributed by atoms with Crippen LogP contribution >= 0.6 is 11.8 Å². The van der Waals surface area contributed by atoms with E-state index in [1.54, 1.807) is 0 Å². The summed E-state index contributed by atoms with van der Waals surface area (Å²) >= 11 is 1.47. The number of amides is 1. The number of hydrogen-bond donors (Lipinski definition) is 1. The molecule has 1 amide bonds. The first-order chi connectivity index (χ1) is 11.2. The minimum absolute atomic E-state index is 0.197. The normalized spacial score (nSPS) is 18.8. The lowest BCUT2D eigenvalue weighted by atomic mass is 10.0. The highest BCUT2D eigenvalue weighted by molar-refractivity contribution is 7.99. The molecule has 1 aliphatic heterocycles. The Bertz CT molecular complexity index is 855. The fourth-order valence-electron chi connectivity index (χ4n) is 3.22. The number of carbonyl (C=O) groups is 1. The second-order valence-corrected chi connectivity index (χ2v) is 6.93. The van der Waals surface area contributed by atoms with Gasteiger partial charge in [0.05, 0.1) is 16.8 Å². The molecule has 4 rings (SSSR count). The Morgan fingerprint density at radius 2 is 2.26 bits per heavy atom. The summed E-state index contributed by atoms with van der Waals surface area (Å²) in [5.74, 6) is 1.33. The average Bonchev–Trinajstić information content (AvgIpc) is 3.12. The Balaban J connectivity index is 1.55. The van der Waals surface area contributed by atoms with Gasteiger partial charge in [0, 0.05) is 12.6 Å². The molecule has 1 aliphatic rings. The van der Waals surface area contributed by atoms with Crippen LogP contribution in [-0.2, 0) is 4.79 Å². The molecule has 7 heteroatoms. The summed E-state index contributed by atoms with van der Waals surface area (Å²) in [5, 5.41) is 8.04. The number of aromatic nitrogens is 4. The molecule has 120 valence electrons. The monoisotopic (exact) mass is 329 g/mol. The number of rotatable bonds is 3. The fourth-order valence-corrected chi connectivity index (χ4v) is 4.06. The van der Waals surface area contributed by atoms with Gasteiger partial charge in [0.1, 0.15) is 0 Å². The van der Waals surface area contributed by atoms with Crippen molar-refractivity contribution in [3.05, 3.63) is 24.3 Å². The van der Waals surface area contributed by atoms with Gasteiger partial charge in [-0.15, -0.1) is 5.10 Å². The number of H-pyrrole nitrogens is 1. The molecule has 2 aromatic heterocycles. The lowest BCUT2D eigenvalue weighted by molar-refractivity contribution is -0.131. The molecule has 1 unspecified atom stereocenters. The summed E-state index contributed by atoms with van der Waals surface area (Å²) in [7, 11) is 0. The minimum Gasteiger partial charge on any atom is -0.339 e. The van der Waals surface area contributed by atoms with Gasteiger partial charge < -0.3 is 4.90 Å². The highest BCUT2D eigenvalue weighted by Crippen LogP contribution is 2.24. The molecule has 0 saturated carbocycles. The van der Waals surface area contributed by atoms with Crippen molar-refractivity contribution in [1.29, 1.82) is 0 Å². The Labute approximate surface area is 138 Å². The zero-order valence-corrected chi connectivity index (χ0v) is 13.8. The van der Waals surface area contributed by atoms with Crippen LogP contribution in [0.3, 0.4) is 0 Å². The van der Waals surface area contributed by atoms with Crippen molar-refractivity contribution in [2.24, 2.45) is 0 Å². The molecule has 0 radical (unpaired) electrons. The number of hydrogen-bond acceptors (Lipinski definition) is 4. The molecule has 23 heavy (non-hydrogen) atoms. The van der Waals surface area contributed by atoms with E-state index in [2.05, 4.69) is 22.1 Å². The van der Waals surface area contributed by atoms with Gasteiger partial charge in [-0.1, -0.05) is 23.9 Å². The summed E-state index contributed by atoms with van der Waals surface area (Å²) in [6.07, 6.45) is 3.44. The number of aromatic amines is 1. The minimum atomic E-state index is 0.197. The zero-order chi connectivity index (χ0) is 15.8. The first kappa shape index (κ1) is 14.6. The number of piperidine rings is 1. The van der Waals surface area contributed by atoms with Crippen molar-refractivity contribution in [2.75, 3.05) is 12.3 Å². The number of thioether (sulfide) groups is 1. The van der Waals surface area contributed by atoms with Crippen molar-refractivity contribution in [3.8, 4) is 0 Å². The number of likely N-dealkylation sites (tertiary alicyclic amines) is 1. The summed E-state index contributed by atoms with van der Waals surface area (Å²) in [5.41, 5.74) is 1.94. The van der Waals surface area contributed by atoms with Crippen LogP contribution in [-0.4, -0.2) is 48.7 Å². The van der Waals surface area contributed by atoms with Crippen LogP contribution < -0.4 is 0 Å². The number of imidazole rings is 1. The van der Waals surface area contributed by atoms with Crippen molar-refractivity contribution in [1.82, 2.24) is 24.5 Å². The summed E-state index contributed by atoms with van der Waals surface area (Å²) < 4.78 is 1.98. The fraction of sp³-hybridized carbons (Fsp3) is 0.438. The molecule has 1 saturated heterocycles. The van der Waals surface area contributed by atoms with Crippen LogP contribution in [0.2, 0.25) is 0 Å². The van der Waals surface area contributed by atoms with Crippen LogP contribution in [0.1, 0.15) is 26.2 Å². The van der Waals surface area contributed by atoms with E-state index < -0.39 is 0 Å². The first-order valence-corrected chi connectivity index (χ1v) is 8.96. The van der Waals surface area contributed by atoms with Crippen molar-refractivity contribution in [3.63, 3.8) is 0 Å². The van der Waals surface area contributed by atoms with Crippen LogP contribution in [0, 0.1) is 0 Å². The van der Waals surface area contributed by atoms with Gasteiger partial charge in [-0.05, 0) is 38.3 Å². The molecule has 1 N–H and O–H groups in total. The van der Waals surface area contributed by atoms with E-state index in [1.165, 1.54) is 18.2 Å². The lowest BCUT2D eigenvalue weighted by Crippen LogP contribution is -2.42. The number of para-hydroxylation sites is 2. The maximum absolute atomic E-state index is 12.5. The maximum Gasteiger partial charge on any atom is 0.233 e. The largest absolute Gasteiger partial charge is 0.339 e. The molecule has 1 fully saturated rings. The Kier molecular flexibility index (Phi) is 3.72. The number of fused-ring (bicyclic) bond motifs is 3. The van der Waals surface area contributed by atoms with Crippen LogP contribution in [0.4, 0.5) is 0 Å². The number of carbonyl (C=O) groups excluding carboxylic acids is 1. The highest BCUT2D eigenvalue weighted by atomic mass is 32.2. The Morgan fingerprint density at radius 1 is 1.39 bits per heavy atom. The molecule has 3 aromatic rings. The van der Waals surface area contributed by atoms with Gasteiger partial charge in [0.25, 0.3) is 0 Å². The van der Waals surface area contributed by atoms with E-state index in [0.717, 1.165) is 35.6 Å². The molecule has 0 aliphatic carbocycles. The second kappa shape index (κ2) is 5.88. The average molecular weight is 329 g/mol. The van der Waals surface area contributed by atoms with E-state index in [-0.39, 0.29) is 5.91 Å². The standard InChI is InChI=1S/C16H19N5OS/c1-11-6-4-5-9-20(11)14(22)10-23-16-19-18-15-17-12-7-2-3-8-13(12)21(15)16/h2-3,7-8,11H,4-6,9-10H2,1H3,(H,17,18). The lowest BCUT2D eigenvalue weighted by Gasteiger charge is -2.33. The van der Waals surface area contributed by atoms with E-state index in [4.69, 9.17) is 0 Å². The van der Waals surface area contributed by atoms with Crippen LogP contribution in [0.15, 0.2) is 29.4 Å². The molecule has 0 bridgehead atoms. The molecule has 3 heterocycles. The number of nitrogens with one attached hydrogen (secondary N) is 1. The van der Waals surface area contributed by atoms with E-state index in [1.807, 2.05) is 33.6 Å². The molecular formula is C16H19N5OS. The molecule has 6 nitrogen and oxygen atoms in total. The quantitative estimate of drug-likeness (QED) is 0.750. The molecule has 1 aromatic carbocycles.